The van der Waals surface area contributed by atoms with Crippen molar-refractivity contribution in [2.45, 2.75) is 47.2 Å². The Morgan fingerprint density at radius 2 is 1.78 bits per heavy atom. The molecule has 3 N–H and O–H groups in total. The Labute approximate surface area is 213 Å². The molecule has 37 heavy (non-hydrogen) atoms. The second-order valence-corrected chi connectivity index (χ2v) is 9.38. The molecular formula is C26H30F3N5O3. The summed E-state index contributed by atoms with van der Waals surface area (Å²) in [7, 11) is 0. The largest absolute Gasteiger partial charge is 0.492 e. The van der Waals surface area contributed by atoms with Crippen molar-refractivity contribution >= 4 is 17.5 Å². The van der Waals surface area contributed by atoms with Gasteiger partial charge < -0.3 is 15.2 Å². The maximum Gasteiger partial charge on any atom is 0.416 e. The van der Waals surface area contributed by atoms with Gasteiger partial charge in [-0.25, -0.2) is 14.8 Å². The van der Waals surface area contributed by atoms with Crippen molar-refractivity contribution in [3.8, 4) is 17.0 Å². The van der Waals surface area contributed by atoms with Gasteiger partial charge in [-0.15, -0.1) is 0 Å². The van der Waals surface area contributed by atoms with Crippen LogP contribution in [0.5, 0.6) is 5.75 Å². The minimum absolute atomic E-state index is 0.0223. The average Bonchev–Trinajstić information content (AvgIpc) is 2.82. The number of carbonyl (C=O) groups is 1. The van der Waals surface area contributed by atoms with Crippen molar-refractivity contribution in [1.82, 2.24) is 15.0 Å². The number of carbonyl (C=O) groups excluding carboxylic acids is 1. The molecule has 1 aromatic carbocycles. The number of aryl methyl sites for hydroxylation is 2. The minimum atomic E-state index is -4.63. The second kappa shape index (κ2) is 11.1. The van der Waals surface area contributed by atoms with E-state index in [1.165, 1.54) is 18.3 Å². The molecule has 0 aliphatic rings. The number of aromatic nitrogens is 3. The maximum absolute atomic E-state index is 13.7. The van der Waals surface area contributed by atoms with E-state index >= 15 is 0 Å². The third-order valence-corrected chi connectivity index (χ3v) is 5.58. The second-order valence-electron chi connectivity index (χ2n) is 9.38. The van der Waals surface area contributed by atoms with E-state index in [0.29, 0.717) is 29.3 Å². The van der Waals surface area contributed by atoms with Crippen LogP contribution in [0.1, 0.15) is 43.3 Å². The van der Waals surface area contributed by atoms with Gasteiger partial charge in [-0.05, 0) is 56.4 Å². The van der Waals surface area contributed by atoms with Gasteiger partial charge in [0.15, 0.2) is 5.82 Å². The summed E-state index contributed by atoms with van der Waals surface area (Å²) in [5, 5.41) is 14.4. The number of ether oxygens (including phenoxy) is 1. The third kappa shape index (κ3) is 7.16. The van der Waals surface area contributed by atoms with Crippen LogP contribution >= 0.6 is 0 Å². The van der Waals surface area contributed by atoms with Crippen LogP contribution in [0, 0.1) is 19.3 Å². The number of hydrogen-bond donors (Lipinski definition) is 3. The van der Waals surface area contributed by atoms with Crippen LogP contribution < -0.4 is 15.4 Å². The molecule has 8 nitrogen and oxygen atoms in total. The molecule has 0 aliphatic heterocycles. The predicted molar refractivity (Wildman–Crippen MR) is 135 cm³/mol. The topological polar surface area (TPSA) is 109 Å². The molecule has 0 radical (unpaired) electrons. The number of benzene rings is 1. The van der Waals surface area contributed by atoms with Crippen LogP contribution in [0.25, 0.3) is 11.3 Å². The van der Waals surface area contributed by atoms with Gasteiger partial charge in [-0.1, -0.05) is 19.9 Å². The summed E-state index contributed by atoms with van der Waals surface area (Å²) in [6, 6.07) is 4.61. The average molecular weight is 518 g/mol. The summed E-state index contributed by atoms with van der Waals surface area (Å²) in [5.74, 6) is 0.786. The summed E-state index contributed by atoms with van der Waals surface area (Å²) in [6.07, 6.45) is -1.50. The smallest absolute Gasteiger partial charge is 0.416 e. The van der Waals surface area contributed by atoms with E-state index in [0.717, 1.165) is 11.8 Å². The number of nitrogens with zero attached hydrogens (tertiary/aromatic N) is 3. The molecule has 0 fully saturated rings. The summed E-state index contributed by atoms with van der Waals surface area (Å²) in [4.78, 5) is 25.6. The monoisotopic (exact) mass is 517 g/mol. The SMILES string of the molecule is CCOc1cc(-c2cnc(NC(=O)Nc3ccc(CC(C)(C)CO)c(C(F)(F)F)c3)c(C)n2)cnc1C. The van der Waals surface area contributed by atoms with Gasteiger partial charge in [0.25, 0.3) is 0 Å². The number of aliphatic hydroxyl groups excluding tert-OH is 1. The van der Waals surface area contributed by atoms with Crippen molar-refractivity contribution in [2.75, 3.05) is 23.8 Å². The Morgan fingerprint density at radius 1 is 1.05 bits per heavy atom. The molecule has 0 aliphatic carbocycles. The molecule has 0 saturated heterocycles. The molecule has 0 spiro atoms. The Morgan fingerprint density at radius 3 is 2.41 bits per heavy atom. The summed E-state index contributed by atoms with van der Waals surface area (Å²) < 4.78 is 46.6. The number of hydrogen-bond acceptors (Lipinski definition) is 6. The van der Waals surface area contributed by atoms with E-state index < -0.39 is 23.2 Å². The van der Waals surface area contributed by atoms with Crippen molar-refractivity contribution < 1.29 is 27.8 Å². The zero-order valence-corrected chi connectivity index (χ0v) is 21.3. The number of amides is 2. The van der Waals surface area contributed by atoms with Gasteiger partial charge in [0.2, 0.25) is 0 Å². The molecule has 0 saturated carbocycles. The van der Waals surface area contributed by atoms with E-state index in [9.17, 15) is 23.1 Å². The highest BCUT2D eigenvalue weighted by Gasteiger charge is 2.35. The number of urea groups is 1. The fourth-order valence-corrected chi connectivity index (χ4v) is 3.61. The highest BCUT2D eigenvalue weighted by atomic mass is 19.4. The highest BCUT2D eigenvalue weighted by molar-refractivity contribution is 5.99. The lowest BCUT2D eigenvalue weighted by Crippen LogP contribution is -2.23. The van der Waals surface area contributed by atoms with Crippen LogP contribution in [0.4, 0.5) is 29.5 Å². The Bertz CT molecular complexity index is 1280. The quantitative estimate of drug-likeness (QED) is 0.350. The van der Waals surface area contributed by atoms with Gasteiger partial charge in [0.1, 0.15) is 5.75 Å². The first-order chi connectivity index (χ1) is 17.3. The third-order valence-electron chi connectivity index (χ3n) is 5.58. The lowest BCUT2D eigenvalue weighted by Gasteiger charge is -2.24. The predicted octanol–water partition coefficient (Wildman–Crippen LogP) is 5.78. The first-order valence-corrected chi connectivity index (χ1v) is 11.7. The first kappa shape index (κ1) is 27.9. The lowest BCUT2D eigenvalue weighted by atomic mass is 9.85. The van der Waals surface area contributed by atoms with E-state index in [4.69, 9.17) is 4.74 Å². The molecule has 0 bridgehead atoms. The Balaban J connectivity index is 1.77. The maximum atomic E-state index is 13.7. The molecule has 0 unspecified atom stereocenters. The van der Waals surface area contributed by atoms with Crippen molar-refractivity contribution in [3.63, 3.8) is 0 Å². The minimum Gasteiger partial charge on any atom is -0.492 e. The molecule has 2 amide bonds. The Kier molecular flexibility index (Phi) is 8.37. The van der Waals surface area contributed by atoms with Crippen LogP contribution in [0.15, 0.2) is 36.7 Å². The number of halogens is 3. The molecule has 0 atom stereocenters. The van der Waals surface area contributed by atoms with Gasteiger partial charge >= 0.3 is 12.2 Å². The van der Waals surface area contributed by atoms with Gasteiger partial charge in [0, 0.05) is 24.1 Å². The number of aliphatic hydroxyl groups is 1. The van der Waals surface area contributed by atoms with E-state index in [1.807, 2.05) is 13.8 Å². The summed E-state index contributed by atoms with van der Waals surface area (Å²) >= 11 is 0. The molecule has 3 aromatic rings. The van der Waals surface area contributed by atoms with Crippen LogP contribution in [-0.2, 0) is 12.6 Å². The fraction of sp³-hybridized carbons (Fsp3) is 0.385. The fourth-order valence-electron chi connectivity index (χ4n) is 3.61. The first-order valence-electron chi connectivity index (χ1n) is 11.7. The van der Waals surface area contributed by atoms with E-state index in [2.05, 4.69) is 25.6 Å². The number of nitrogens with one attached hydrogen (secondary N) is 2. The molecular weight excluding hydrogens is 487 g/mol. The van der Waals surface area contributed by atoms with Crippen LogP contribution in [0.3, 0.4) is 0 Å². The molecule has 3 rings (SSSR count). The number of alkyl halides is 3. The zero-order valence-electron chi connectivity index (χ0n) is 21.3. The van der Waals surface area contributed by atoms with E-state index in [-0.39, 0.29) is 30.1 Å². The van der Waals surface area contributed by atoms with Gasteiger partial charge in [-0.3, -0.25) is 10.3 Å². The zero-order chi connectivity index (χ0) is 27.4. The van der Waals surface area contributed by atoms with Gasteiger partial charge in [-0.2, -0.15) is 13.2 Å². The highest BCUT2D eigenvalue weighted by Crippen LogP contribution is 2.36. The summed E-state index contributed by atoms with van der Waals surface area (Å²) in [5.41, 5.74) is 0.754. The number of pyridine rings is 1. The Hall–Kier alpha value is -3.73. The van der Waals surface area contributed by atoms with Crippen LogP contribution in [0.2, 0.25) is 0 Å². The van der Waals surface area contributed by atoms with Crippen molar-refractivity contribution in [3.05, 3.63) is 59.2 Å². The summed E-state index contributed by atoms with van der Waals surface area (Å²) in [6.45, 7) is 8.93. The van der Waals surface area contributed by atoms with Crippen LogP contribution in [-0.4, -0.2) is 39.3 Å². The number of rotatable bonds is 8. The standard InChI is InChI=1S/C26H30F3N5O3/c1-6-37-22-9-18(12-30-15(22)2)21-13-31-23(16(3)32-21)34-24(36)33-19-8-7-17(11-25(4,5)14-35)20(10-19)26(27,28)29/h7-10,12-13,35H,6,11,14H2,1-5H3,(H2,31,33,34,36). The molecule has 2 heterocycles. The normalized spacial score (nSPS) is 11.8. The van der Waals surface area contributed by atoms with E-state index in [1.54, 1.807) is 33.0 Å². The molecule has 2 aromatic heterocycles. The molecule has 198 valence electrons. The number of anilines is 2. The van der Waals surface area contributed by atoms with Crippen molar-refractivity contribution in [1.29, 1.82) is 0 Å². The van der Waals surface area contributed by atoms with Crippen molar-refractivity contribution in [2.24, 2.45) is 5.41 Å². The van der Waals surface area contributed by atoms with Gasteiger partial charge in [0.05, 0.1) is 35.4 Å². The molecule has 11 heteroatoms. The lowest BCUT2D eigenvalue weighted by molar-refractivity contribution is -0.138.